The lowest BCUT2D eigenvalue weighted by atomic mass is 11.0. The molecule has 0 aliphatic rings. The number of nitrogens with two attached hydrogens (primary N) is 1. The highest BCUT2D eigenvalue weighted by molar-refractivity contribution is 8.00. The summed E-state index contributed by atoms with van der Waals surface area (Å²) < 4.78 is 1.05. The minimum absolute atomic E-state index is 0.619. The Hall–Kier alpha value is -0.0600. The Labute approximate surface area is 56.1 Å². The standard InChI is InChI=1S/C4H6N2S2/c5-3-8-4-6-1-2-7-4/h1-2H,3,5H2. The van der Waals surface area contributed by atoms with Gasteiger partial charge in [0.15, 0.2) is 4.34 Å². The van der Waals surface area contributed by atoms with Gasteiger partial charge in [-0.05, 0) is 0 Å². The third kappa shape index (κ3) is 1.47. The quantitative estimate of drug-likeness (QED) is 0.502. The minimum atomic E-state index is 0.619. The largest absolute Gasteiger partial charge is 0.322 e. The maximum atomic E-state index is 5.25. The molecule has 1 rings (SSSR count). The molecule has 0 spiro atoms. The van der Waals surface area contributed by atoms with Gasteiger partial charge in [0.05, 0.1) is 0 Å². The summed E-state index contributed by atoms with van der Waals surface area (Å²) >= 11 is 3.19. The molecule has 0 saturated heterocycles. The van der Waals surface area contributed by atoms with E-state index < -0.39 is 0 Å². The second kappa shape index (κ2) is 3.06. The van der Waals surface area contributed by atoms with Crippen molar-refractivity contribution in [3.05, 3.63) is 11.6 Å². The SMILES string of the molecule is NCSc1nccs1. The summed E-state index contributed by atoms with van der Waals surface area (Å²) in [6.07, 6.45) is 1.78. The van der Waals surface area contributed by atoms with Gasteiger partial charge in [-0.15, -0.1) is 11.3 Å². The summed E-state index contributed by atoms with van der Waals surface area (Å²) in [6, 6.07) is 0. The van der Waals surface area contributed by atoms with Crippen molar-refractivity contribution in [2.75, 3.05) is 5.88 Å². The molecule has 0 aromatic carbocycles. The average molecular weight is 146 g/mol. The zero-order chi connectivity index (χ0) is 5.82. The molecule has 1 aromatic heterocycles. The lowest BCUT2D eigenvalue weighted by Crippen LogP contribution is -1.90. The first-order valence-corrected chi connectivity index (χ1v) is 4.02. The zero-order valence-corrected chi connectivity index (χ0v) is 5.84. The van der Waals surface area contributed by atoms with Crippen molar-refractivity contribution in [3.63, 3.8) is 0 Å². The van der Waals surface area contributed by atoms with Gasteiger partial charge in [-0.2, -0.15) is 0 Å². The molecular weight excluding hydrogens is 140 g/mol. The predicted octanol–water partition coefficient (Wildman–Crippen LogP) is 1.15. The van der Waals surface area contributed by atoms with Gasteiger partial charge in [-0.3, -0.25) is 0 Å². The molecule has 1 aromatic rings. The Balaban J connectivity index is 2.50. The van der Waals surface area contributed by atoms with Crippen molar-refractivity contribution in [1.29, 1.82) is 0 Å². The minimum Gasteiger partial charge on any atom is -0.322 e. The molecule has 0 aliphatic carbocycles. The first kappa shape index (κ1) is 6.07. The Morgan fingerprint density at radius 2 is 2.75 bits per heavy atom. The predicted molar refractivity (Wildman–Crippen MR) is 37.0 cm³/mol. The van der Waals surface area contributed by atoms with Crippen LogP contribution in [0.15, 0.2) is 15.9 Å². The van der Waals surface area contributed by atoms with E-state index in [1.54, 1.807) is 29.3 Å². The van der Waals surface area contributed by atoms with Gasteiger partial charge in [-0.25, -0.2) is 4.98 Å². The maximum absolute atomic E-state index is 5.25. The third-order valence-electron chi connectivity index (χ3n) is 0.616. The van der Waals surface area contributed by atoms with Crippen LogP contribution in [0.3, 0.4) is 0 Å². The number of thiazole rings is 1. The first-order valence-electron chi connectivity index (χ1n) is 2.16. The molecule has 0 unspecified atom stereocenters. The highest BCUT2D eigenvalue weighted by atomic mass is 32.2. The van der Waals surface area contributed by atoms with Crippen molar-refractivity contribution in [3.8, 4) is 0 Å². The maximum Gasteiger partial charge on any atom is 0.151 e. The van der Waals surface area contributed by atoms with Gasteiger partial charge >= 0.3 is 0 Å². The first-order chi connectivity index (χ1) is 3.93. The summed E-state index contributed by atoms with van der Waals surface area (Å²) in [4.78, 5) is 4.01. The van der Waals surface area contributed by atoms with Gasteiger partial charge in [0.1, 0.15) is 0 Å². The molecule has 4 heteroatoms. The van der Waals surface area contributed by atoms with Crippen LogP contribution in [0.5, 0.6) is 0 Å². The fraction of sp³-hybridized carbons (Fsp3) is 0.250. The summed E-state index contributed by atoms with van der Waals surface area (Å²) in [5.41, 5.74) is 5.25. The Morgan fingerprint density at radius 1 is 1.88 bits per heavy atom. The van der Waals surface area contributed by atoms with E-state index in [1.807, 2.05) is 5.38 Å². The molecule has 0 saturated carbocycles. The molecule has 0 bridgehead atoms. The number of thioether (sulfide) groups is 1. The topological polar surface area (TPSA) is 38.9 Å². The Morgan fingerprint density at radius 3 is 3.25 bits per heavy atom. The van der Waals surface area contributed by atoms with Crippen LogP contribution in [-0.2, 0) is 0 Å². The number of nitrogens with zero attached hydrogens (tertiary/aromatic N) is 1. The molecule has 0 radical (unpaired) electrons. The fourth-order valence-electron chi connectivity index (χ4n) is 0.353. The van der Waals surface area contributed by atoms with Gasteiger partial charge in [-0.1, -0.05) is 11.8 Å². The van der Waals surface area contributed by atoms with Crippen LogP contribution in [0.2, 0.25) is 0 Å². The summed E-state index contributed by atoms with van der Waals surface area (Å²) in [7, 11) is 0. The van der Waals surface area contributed by atoms with E-state index in [2.05, 4.69) is 4.98 Å². The Kier molecular flexibility index (Phi) is 2.32. The van der Waals surface area contributed by atoms with Gasteiger partial charge in [0.2, 0.25) is 0 Å². The molecule has 8 heavy (non-hydrogen) atoms. The summed E-state index contributed by atoms with van der Waals surface area (Å²) in [5, 5.41) is 1.94. The van der Waals surface area contributed by atoms with Crippen LogP contribution < -0.4 is 5.73 Å². The molecule has 0 aliphatic heterocycles. The van der Waals surface area contributed by atoms with Crippen molar-refractivity contribution in [1.82, 2.24) is 4.98 Å². The number of hydrogen-bond acceptors (Lipinski definition) is 4. The van der Waals surface area contributed by atoms with E-state index in [1.165, 1.54) is 0 Å². The second-order valence-corrected chi connectivity index (χ2v) is 3.27. The van der Waals surface area contributed by atoms with Crippen molar-refractivity contribution in [2.24, 2.45) is 5.73 Å². The van der Waals surface area contributed by atoms with E-state index in [0.717, 1.165) is 4.34 Å². The molecule has 0 amide bonds. The van der Waals surface area contributed by atoms with E-state index >= 15 is 0 Å². The van der Waals surface area contributed by atoms with Gasteiger partial charge in [0, 0.05) is 17.5 Å². The third-order valence-corrected chi connectivity index (χ3v) is 2.34. The highest BCUT2D eigenvalue weighted by Crippen LogP contribution is 2.17. The fourth-order valence-corrected chi connectivity index (χ4v) is 1.63. The molecule has 2 N–H and O–H groups in total. The van der Waals surface area contributed by atoms with E-state index in [9.17, 15) is 0 Å². The number of rotatable bonds is 2. The van der Waals surface area contributed by atoms with Crippen LogP contribution in [0.25, 0.3) is 0 Å². The highest BCUT2D eigenvalue weighted by Gasteiger charge is 1.89. The Bertz CT molecular complexity index is 138. The number of hydrogen-bond donors (Lipinski definition) is 1. The molecular formula is C4H6N2S2. The summed E-state index contributed by atoms with van der Waals surface area (Å²) in [6.45, 7) is 0. The van der Waals surface area contributed by atoms with Crippen molar-refractivity contribution < 1.29 is 0 Å². The molecule has 2 nitrogen and oxygen atoms in total. The molecule has 0 atom stereocenters. The van der Waals surface area contributed by atoms with Crippen molar-refractivity contribution >= 4 is 23.1 Å². The lowest BCUT2D eigenvalue weighted by molar-refractivity contribution is 1.24. The molecule has 44 valence electrons. The van der Waals surface area contributed by atoms with Crippen LogP contribution >= 0.6 is 23.1 Å². The van der Waals surface area contributed by atoms with Crippen LogP contribution in [-0.4, -0.2) is 10.9 Å². The monoisotopic (exact) mass is 146 g/mol. The lowest BCUT2D eigenvalue weighted by Gasteiger charge is -1.84. The van der Waals surface area contributed by atoms with Crippen LogP contribution in [0, 0.1) is 0 Å². The normalized spacial score (nSPS) is 9.62. The summed E-state index contributed by atoms with van der Waals surface area (Å²) in [5.74, 6) is 0.619. The van der Waals surface area contributed by atoms with Crippen LogP contribution in [0.4, 0.5) is 0 Å². The molecule has 1 heterocycles. The smallest absolute Gasteiger partial charge is 0.151 e. The second-order valence-electron chi connectivity index (χ2n) is 1.11. The van der Waals surface area contributed by atoms with E-state index in [-0.39, 0.29) is 0 Å². The van der Waals surface area contributed by atoms with Gasteiger partial charge < -0.3 is 5.73 Å². The van der Waals surface area contributed by atoms with E-state index in [0.29, 0.717) is 5.88 Å². The number of aromatic nitrogens is 1. The van der Waals surface area contributed by atoms with Crippen molar-refractivity contribution in [2.45, 2.75) is 4.34 Å². The average Bonchev–Trinajstić information content (AvgIpc) is 2.19. The van der Waals surface area contributed by atoms with Crippen LogP contribution in [0.1, 0.15) is 0 Å². The zero-order valence-electron chi connectivity index (χ0n) is 4.20. The van der Waals surface area contributed by atoms with Gasteiger partial charge in [0.25, 0.3) is 0 Å². The molecule has 0 fully saturated rings. The van der Waals surface area contributed by atoms with E-state index in [4.69, 9.17) is 5.73 Å².